The highest BCUT2D eigenvalue weighted by atomic mass is 35.5. The van der Waals surface area contributed by atoms with Crippen molar-refractivity contribution in [3.05, 3.63) is 0 Å². The Labute approximate surface area is 123 Å². The van der Waals surface area contributed by atoms with E-state index in [4.69, 9.17) is 5.73 Å². The van der Waals surface area contributed by atoms with E-state index in [1.807, 2.05) is 4.90 Å². The van der Waals surface area contributed by atoms with Crippen molar-refractivity contribution >= 4 is 18.3 Å². The first-order valence-electron chi connectivity index (χ1n) is 7.53. The van der Waals surface area contributed by atoms with E-state index in [9.17, 15) is 4.79 Å². The van der Waals surface area contributed by atoms with E-state index in [2.05, 4.69) is 13.8 Å². The second-order valence-corrected chi connectivity index (χ2v) is 6.81. The van der Waals surface area contributed by atoms with Crippen molar-refractivity contribution in [1.29, 1.82) is 0 Å². The number of amides is 1. The fraction of sp³-hybridized carbons (Fsp3) is 0.933. The van der Waals surface area contributed by atoms with Crippen molar-refractivity contribution in [1.82, 2.24) is 4.90 Å². The molecule has 0 aromatic heterocycles. The van der Waals surface area contributed by atoms with Crippen molar-refractivity contribution in [2.45, 2.75) is 52.4 Å². The molecular formula is C15H29ClN2O. The van der Waals surface area contributed by atoms with E-state index < -0.39 is 0 Å². The predicted octanol–water partition coefficient (Wildman–Crippen LogP) is 2.82. The van der Waals surface area contributed by atoms with Gasteiger partial charge in [-0.2, -0.15) is 0 Å². The van der Waals surface area contributed by atoms with Crippen LogP contribution in [0, 0.1) is 17.3 Å². The number of carbonyl (C=O) groups is 1. The monoisotopic (exact) mass is 288 g/mol. The second kappa shape index (κ2) is 6.94. The van der Waals surface area contributed by atoms with Crippen LogP contribution in [0.3, 0.4) is 0 Å². The summed E-state index contributed by atoms with van der Waals surface area (Å²) in [5, 5.41) is 0. The standard InChI is InChI=1S/C15H28N2O.ClH/c1-12(9-13-5-3-4-6-13)14(18)17-8-7-15(2,10-16)11-17;/h12-13H,3-11,16H2,1-2H3;1H. The van der Waals surface area contributed by atoms with E-state index in [1.54, 1.807) is 0 Å². The number of hydrogen-bond acceptors (Lipinski definition) is 2. The molecule has 2 rings (SSSR count). The molecule has 4 heteroatoms. The van der Waals surface area contributed by atoms with Crippen molar-refractivity contribution in [2.24, 2.45) is 23.0 Å². The number of halogens is 1. The molecule has 1 saturated heterocycles. The van der Waals surface area contributed by atoms with Gasteiger partial charge < -0.3 is 10.6 Å². The third kappa shape index (κ3) is 4.09. The van der Waals surface area contributed by atoms with Crippen LogP contribution >= 0.6 is 12.4 Å². The van der Waals surface area contributed by atoms with Crippen LogP contribution in [0.4, 0.5) is 0 Å². The topological polar surface area (TPSA) is 46.3 Å². The first-order chi connectivity index (χ1) is 8.54. The van der Waals surface area contributed by atoms with Gasteiger partial charge in [0.1, 0.15) is 0 Å². The van der Waals surface area contributed by atoms with Gasteiger partial charge in [-0.3, -0.25) is 4.79 Å². The molecule has 1 saturated carbocycles. The van der Waals surface area contributed by atoms with Crippen molar-refractivity contribution < 1.29 is 4.79 Å². The summed E-state index contributed by atoms with van der Waals surface area (Å²) in [6.45, 7) is 6.76. The molecule has 0 spiro atoms. The first-order valence-corrected chi connectivity index (χ1v) is 7.53. The zero-order valence-corrected chi connectivity index (χ0v) is 13.2. The number of rotatable bonds is 4. The van der Waals surface area contributed by atoms with E-state index in [1.165, 1.54) is 25.7 Å². The van der Waals surface area contributed by atoms with Crippen LogP contribution in [0.5, 0.6) is 0 Å². The molecule has 0 bridgehead atoms. The Bertz CT molecular complexity index is 305. The van der Waals surface area contributed by atoms with Gasteiger partial charge in [-0.1, -0.05) is 39.5 Å². The number of nitrogens with zero attached hydrogens (tertiary/aromatic N) is 1. The molecule has 2 unspecified atom stereocenters. The minimum Gasteiger partial charge on any atom is -0.342 e. The average Bonchev–Trinajstić information content (AvgIpc) is 2.98. The molecule has 2 atom stereocenters. The molecule has 3 nitrogen and oxygen atoms in total. The summed E-state index contributed by atoms with van der Waals surface area (Å²) >= 11 is 0. The van der Waals surface area contributed by atoms with Crippen LogP contribution in [0.25, 0.3) is 0 Å². The molecule has 2 aliphatic rings. The van der Waals surface area contributed by atoms with Gasteiger partial charge >= 0.3 is 0 Å². The molecule has 1 heterocycles. The summed E-state index contributed by atoms with van der Waals surface area (Å²) in [4.78, 5) is 14.5. The summed E-state index contributed by atoms with van der Waals surface area (Å²) < 4.78 is 0. The highest BCUT2D eigenvalue weighted by molar-refractivity contribution is 5.85. The molecule has 0 aromatic rings. The van der Waals surface area contributed by atoms with Crippen LogP contribution in [-0.2, 0) is 4.79 Å². The quantitative estimate of drug-likeness (QED) is 0.865. The third-order valence-corrected chi connectivity index (χ3v) is 4.95. The minimum absolute atomic E-state index is 0. The van der Waals surface area contributed by atoms with Crippen LogP contribution in [0.1, 0.15) is 52.4 Å². The van der Waals surface area contributed by atoms with E-state index in [0.29, 0.717) is 12.5 Å². The summed E-state index contributed by atoms with van der Waals surface area (Å²) in [6, 6.07) is 0. The maximum absolute atomic E-state index is 12.4. The number of nitrogens with two attached hydrogens (primary N) is 1. The summed E-state index contributed by atoms with van der Waals surface area (Å²) in [7, 11) is 0. The van der Waals surface area contributed by atoms with E-state index >= 15 is 0 Å². The fourth-order valence-corrected chi connectivity index (χ4v) is 3.54. The lowest BCUT2D eigenvalue weighted by Gasteiger charge is -2.25. The van der Waals surface area contributed by atoms with Crippen LogP contribution in [-0.4, -0.2) is 30.4 Å². The lowest BCUT2D eigenvalue weighted by molar-refractivity contribution is -0.134. The maximum atomic E-state index is 12.4. The van der Waals surface area contributed by atoms with E-state index in [-0.39, 0.29) is 23.7 Å². The zero-order valence-electron chi connectivity index (χ0n) is 12.4. The van der Waals surface area contributed by atoms with Gasteiger partial charge in [0.05, 0.1) is 0 Å². The van der Waals surface area contributed by atoms with Gasteiger partial charge in [-0.25, -0.2) is 0 Å². The Hall–Kier alpha value is -0.280. The molecule has 1 aliphatic heterocycles. The largest absolute Gasteiger partial charge is 0.342 e. The zero-order chi connectivity index (χ0) is 13.2. The maximum Gasteiger partial charge on any atom is 0.225 e. The SMILES string of the molecule is CC(CC1CCCC1)C(=O)N1CCC(C)(CN)C1.Cl. The van der Waals surface area contributed by atoms with E-state index in [0.717, 1.165) is 31.8 Å². The average molecular weight is 289 g/mol. The Morgan fingerprint density at radius 2 is 2.05 bits per heavy atom. The van der Waals surface area contributed by atoms with Gasteiger partial charge in [0.2, 0.25) is 5.91 Å². The molecule has 0 radical (unpaired) electrons. The predicted molar refractivity (Wildman–Crippen MR) is 81.3 cm³/mol. The molecule has 19 heavy (non-hydrogen) atoms. The van der Waals surface area contributed by atoms with Crippen LogP contribution < -0.4 is 5.73 Å². The van der Waals surface area contributed by atoms with Gasteiger partial charge in [-0.05, 0) is 30.7 Å². The third-order valence-electron chi connectivity index (χ3n) is 4.95. The summed E-state index contributed by atoms with van der Waals surface area (Å²) in [6.07, 6.45) is 7.54. The van der Waals surface area contributed by atoms with Gasteiger partial charge in [0.25, 0.3) is 0 Å². The van der Waals surface area contributed by atoms with Gasteiger partial charge in [-0.15, -0.1) is 12.4 Å². The lowest BCUT2D eigenvalue weighted by atomic mass is 9.90. The first kappa shape index (κ1) is 16.8. The molecule has 112 valence electrons. The Kier molecular flexibility index (Phi) is 6.13. The minimum atomic E-state index is 0. The van der Waals surface area contributed by atoms with Gasteiger partial charge in [0.15, 0.2) is 0 Å². The van der Waals surface area contributed by atoms with Crippen molar-refractivity contribution in [2.75, 3.05) is 19.6 Å². The van der Waals surface area contributed by atoms with Gasteiger partial charge in [0, 0.05) is 19.0 Å². The normalized spacial score (nSPS) is 29.3. The summed E-state index contributed by atoms with van der Waals surface area (Å²) in [5.74, 6) is 1.36. The Balaban J connectivity index is 0.00000180. The van der Waals surface area contributed by atoms with Crippen molar-refractivity contribution in [3.63, 3.8) is 0 Å². The molecular weight excluding hydrogens is 260 g/mol. The van der Waals surface area contributed by atoms with Crippen LogP contribution in [0.15, 0.2) is 0 Å². The van der Waals surface area contributed by atoms with Crippen molar-refractivity contribution in [3.8, 4) is 0 Å². The summed E-state index contributed by atoms with van der Waals surface area (Å²) in [5.41, 5.74) is 5.96. The Morgan fingerprint density at radius 3 is 2.58 bits per heavy atom. The van der Waals surface area contributed by atoms with Crippen LogP contribution in [0.2, 0.25) is 0 Å². The molecule has 0 aromatic carbocycles. The molecule has 2 N–H and O–H groups in total. The lowest BCUT2D eigenvalue weighted by Crippen LogP contribution is -2.37. The molecule has 2 fully saturated rings. The second-order valence-electron chi connectivity index (χ2n) is 6.81. The smallest absolute Gasteiger partial charge is 0.225 e. The number of carbonyl (C=O) groups excluding carboxylic acids is 1. The molecule has 1 amide bonds. The highest BCUT2D eigenvalue weighted by Crippen LogP contribution is 2.33. The fourth-order valence-electron chi connectivity index (χ4n) is 3.54. The highest BCUT2D eigenvalue weighted by Gasteiger charge is 2.36. The Morgan fingerprint density at radius 1 is 1.42 bits per heavy atom. The molecule has 1 aliphatic carbocycles. The number of likely N-dealkylation sites (tertiary alicyclic amines) is 1. The number of hydrogen-bond donors (Lipinski definition) is 1.